The molecule has 0 aromatic heterocycles. The van der Waals surface area contributed by atoms with E-state index in [0.717, 1.165) is 12.8 Å². The number of aliphatic carboxylic acids is 1. The first kappa shape index (κ1) is 16.8. The molecule has 0 aliphatic heterocycles. The van der Waals surface area contributed by atoms with Gasteiger partial charge in [-0.25, -0.2) is 0 Å². The van der Waals surface area contributed by atoms with Crippen molar-refractivity contribution in [3.8, 4) is 0 Å². The third-order valence-electron chi connectivity index (χ3n) is 3.07. The number of nitrogens with two attached hydrogens (primary N) is 1. The van der Waals surface area contributed by atoms with Crippen molar-refractivity contribution in [3.63, 3.8) is 0 Å². The summed E-state index contributed by atoms with van der Waals surface area (Å²) in [4.78, 5) is 24.5. The molecule has 1 atom stereocenters. The van der Waals surface area contributed by atoms with Crippen molar-refractivity contribution in [3.05, 3.63) is 24.3 Å². The summed E-state index contributed by atoms with van der Waals surface area (Å²) >= 11 is 0. The second-order valence-electron chi connectivity index (χ2n) is 5.07. The number of rotatable bonds is 8. The number of carboxylic acid groups (broad SMARTS) is 1. The number of carbonyl (C=O) groups excluding carboxylic acids is 1. The molecule has 1 amide bonds. The van der Waals surface area contributed by atoms with Crippen LogP contribution in [0.15, 0.2) is 24.3 Å². The number of para-hydroxylation sites is 2. The van der Waals surface area contributed by atoms with E-state index >= 15 is 0 Å². The average molecular weight is 293 g/mol. The normalized spacial score (nSPS) is 11.7. The molecule has 0 saturated carbocycles. The van der Waals surface area contributed by atoms with Crippen LogP contribution in [0.2, 0.25) is 0 Å². The highest BCUT2D eigenvalue weighted by molar-refractivity contribution is 5.86. The molecule has 0 aliphatic carbocycles. The molecule has 1 aromatic carbocycles. The Bertz CT molecular complexity index is 491. The Balaban J connectivity index is 2.77. The fraction of sp³-hybridized carbons (Fsp3) is 0.467. The van der Waals surface area contributed by atoms with Crippen LogP contribution in [0.1, 0.15) is 26.7 Å². The molecule has 0 heterocycles. The van der Waals surface area contributed by atoms with E-state index in [9.17, 15) is 9.59 Å². The molecular weight excluding hydrogens is 270 g/mol. The van der Waals surface area contributed by atoms with Crippen LogP contribution < -0.4 is 16.0 Å². The van der Waals surface area contributed by atoms with Crippen LogP contribution >= 0.6 is 0 Å². The fourth-order valence-corrected chi connectivity index (χ4v) is 2.16. The van der Waals surface area contributed by atoms with Crippen molar-refractivity contribution in [2.45, 2.75) is 32.7 Å². The van der Waals surface area contributed by atoms with E-state index in [4.69, 9.17) is 10.8 Å². The monoisotopic (exact) mass is 293 g/mol. The number of carbonyl (C=O) groups is 2. The van der Waals surface area contributed by atoms with E-state index < -0.39 is 5.97 Å². The summed E-state index contributed by atoms with van der Waals surface area (Å²) in [6.07, 6.45) is 1.87. The van der Waals surface area contributed by atoms with Gasteiger partial charge in [0.25, 0.3) is 0 Å². The number of amides is 1. The molecule has 1 aromatic rings. The predicted molar refractivity (Wildman–Crippen MR) is 83.2 cm³/mol. The van der Waals surface area contributed by atoms with Crippen LogP contribution in [0, 0.1) is 0 Å². The first-order chi connectivity index (χ1) is 9.93. The van der Waals surface area contributed by atoms with Crippen molar-refractivity contribution in [1.82, 2.24) is 5.32 Å². The van der Waals surface area contributed by atoms with Crippen LogP contribution in [-0.2, 0) is 9.59 Å². The summed E-state index contributed by atoms with van der Waals surface area (Å²) in [5.41, 5.74) is 6.86. The van der Waals surface area contributed by atoms with E-state index in [0.29, 0.717) is 11.4 Å². The Hall–Kier alpha value is -2.24. The summed E-state index contributed by atoms with van der Waals surface area (Å²) < 4.78 is 0. The Morgan fingerprint density at radius 1 is 1.33 bits per heavy atom. The van der Waals surface area contributed by atoms with Gasteiger partial charge in [0.05, 0.1) is 17.9 Å². The van der Waals surface area contributed by atoms with Crippen LogP contribution in [-0.4, -0.2) is 36.1 Å². The largest absolute Gasteiger partial charge is 0.480 e. The second-order valence-corrected chi connectivity index (χ2v) is 5.07. The highest BCUT2D eigenvalue weighted by Crippen LogP contribution is 2.21. The van der Waals surface area contributed by atoms with Crippen molar-refractivity contribution in [2.75, 3.05) is 23.7 Å². The lowest BCUT2D eigenvalue weighted by molar-refractivity contribution is -0.135. The van der Waals surface area contributed by atoms with Gasteiger partial charge in [-0.05, 0) is 25.5 Å². The fourth-order valence-electron chi connectivity index (χ4n) is 2.16. The summed E-state index contributed by atoms with van der Waals surface area (Å²) in [5, 5.41) is 11.9. The molecule has 116 valence electrons. The molecule has 0 fully saturated rings. The molecule has 4 N–H and O–H groups in total. The predicted octanol–water partition coefficient (Wildman–Crippen LogP) is 1.46. The third-order valence-corrected chi connectivity index (χ3v) is 3.07. The zero-order chi connectivity index (χ0) is 15.8. The summed E-state index contributed by atoms with van der Waals surface area (Å²) in [5.74, 6) is -1.21. The minimum Gasteiger partial charge on any atom is -0.480 e. The van der Waals surface area contributed by atoms with Crippen LogP contribution in [0.25, 0.3) is 0 Å². The topological polar surface area (TPSA) is 95.7 Å². The van der Waals surface area contributed by atoms with Gasteiger partial charge in [0.2, 0.25) is 5.91 Å². The number of nitrogens with zero attached hydrogens (tertiary/aromatic N) is 1. The quantitative estimate of drug-likeness (QED) is 0.631. The highest BCUT2D eigenvalue weighted by atomic mass is 16.4. The minimum atomic E-state index is -1.01. The van der Waals surface area contributed by atoms with Gasteiger partial charge in [-0.2, -0.15) is 0 Å². The Labute approximate surface area is 124 Å². The molecule has 0 bridgehead atoms. The summed E-state index contributed by atoms with van der Waals surface area (Å²) in [7, 11) is 0. The van der Waals surface area contributed by atoms with E-state index in [1.807, 2.05) is 13.8 Å². The van der Waals surface area contributed by atoms with Crippen molar-refractivity contribution in [1.29, 1.82) is 0 Å². The van der Waals surface area contributed by atoms with E-state index in [1.54, 1.807) is 24.3 Å². The zero-order valence-electron chi connectivity index (χ0n) is 12.5. The lowest BCUT2D eigenvalue weighted by Crippen LogP contribution is -2.43. The lowest BCUT2D eigenvalue weighted by Gasteiger charge is -2.24. The number of nitrogen functional groups attached to an aromatic ring is 1. The average Bonchev–Trinajstić information content (AvgIpc) is 2.38. The van der Waals surface area contributed by atoms with Crippen molar-refractivity contribution >= 4 is 23.3 Å². The van der Waals surface area contributed by atoms with Gasteiger partial charge in [-0.15, -0.1) is 0 Å². The Morgan fingerprint density at radius 3 is 2.57 bits per heavy atom. The van der Waals surface area contributed by atoms with Crippen LogP contribution in [0.5, 0.6) is 0 Å². The molecule has 0 aliphatic rings. The number of hydrogen-bond donors (Lipinski definition) is 3. The van der Waals surface area contributed by atoms with Gasteiger partial charge >= 0.3 is 5.97 Å². The number of carboxylic acids is 1. The van der Waals surface area contributed by atoms with E-state index in [2.05, 4.69) is 5.32 Å². The maximum absolute atomic E-state index is 12.0. The Morgan fingerprint density at radius 2 is 2.00 bits per heavy atom. The lowest BCUT2D eigenvalue weighted by atomic mass is 10.2. The highest BCUT2D eigenvalue weighted by Gasteiger charge is 2.17. The molecule has 1 unspecified atom stereocenters. The SMILES string of the molecule is CCCC(C)NC(=O)CN(CC(=O)O)c1ccccc1N. The number of anilines is 2. The molecule has 0 saturated heterocycles. The van der Waals surface area contributed by atoms with Gasteiger partial charge in [-0.1, -0.05) is 25.5 Å². The smallest absolute Gasteiger partial charge is 0.323 e. The van der Waals surface area contributed by atoms with Gasteiger partial charge in [-0.3, -0.25) is 9.59 Å². The molecule has 0 radical (unpaired) electrons. The van der Waals surface area contributed by atoms with E-state index in [1.165, 1.54) is 4.90 Å². The second kappa shape index (κ2) is 8.14. The summed E-state index contributed by atoms with van der Waals surface area (Å²) in [6.45, 7) is 3.67. The first-order valence-electron chi connectivity index (χ1n) is 7.04. The molecule has 6 heteroatoms. The Kier molecular flexibility index (Phi) is 6.52. The maximum Gasteiger partial charge on any atom is 0.323 e. The summed E-state index contributed by atoms with van der Waals surface area (Å²) in [6, 6.07) is 6.99. The van der Waals surface area contributed by atoms with Gasteiger partial charge in [0.1, 0.15) is 6.54 Å². The van der Waals surface area contributed by atoms with Crippen molar-refractivity contribution in [2.24, 2.45) is 0 Å². The standard InChI is InChI=1S/C15H23N3O3/c1-3-6-11(2)17-14(19)9-18(10-15(20)21)13-8-5-4-7-12(13)16/h4-5,7-8,11H,3,6,9-10,16H2,1-2H3,(H,17,19)(H,20,21). The first-order valence-corrected chi connectivity index (χ1v) is 7.04. The molecule has 0 spiro atoms. The minimum absolute atomic E-state index is 0.0332. The molecule has 6 nitrogen and oxygen atoms in total. The molecule has 21 heavy (non-hydrogen) atoms. The van der Waals surface area contributed by atoms with Gasteiger partial charge in [0, 0.05) is 6.04 Å². The van der Waals surface area contributed by atoms with Gasteiger partial charge in [0.15, 0.2) is 0 Å². The maximum atomic E-state index is 12.0. The molecular formula is C15H23N3O3. The van der Waals surface area contributed by atoms with Crippen molar-refractivity contribution < 1.29 is 14.7 Å². The number of nitrogens with one attached hydrogen (secondary N) is 1. The van der Waals surface area contributed by atoms with Crippen LogP contribution in [0.3, 0.4) is 0 Å². The zero-order valence-corrected chi connectivity index (χ0v) is 12.5. The number of hydrogen-bond acceptors (Lipinski definition) is 4. The van der Waals surface area contributed by atoms with Crippen LogP contribution in [0.4, 0.5) is 11.4 Å². The van der Waals surface area contributed by atoms with E-state index in [-0.39, 0.29) is 25.0 Å². The van der Waals surface area contributed by atoms with Gasteiger partial charge < -0.3 is 21.1 Å². The number of benzene rings is 1. The molecule has 1 rings (SSSR count). The third kappa shape index (κ3) is 5.72.